The molecule has 1 fully saturated rings. The summed E-state index contributed by atoms with van der Waals surface area (Å²) in [6.45, 7) is 2.71. The number of likely N-dealkylation sites (tertiary alicyclic amines) is 1. The van der Waals surface area contributed by atoms with Gasteiger partial charge in [-0.05, 0) is 25.5 Å². The van der Waals surface area contributed by atoms with Crippen LogP contribution in [0.3, 0.4) is 0 Å². The highest BCUT2D eigenvalue weighted by atomic mass is 16.2. The van der Waals surface area contributed by atoms with Gasteiger partial charge in [0.1, 0.15) is 5.69 Å². The monoisotopic (exact) mass is 255 g/mol. The molecule has 98 valence electrons. The molecular formula is C15H17N3O. The van der Waals surface area contributed by atoms with Crippen LogP contribution in [-0.2, 0) is 0 Å². The van der Waals surface area contributed by atoms with Gasteiger partial charge in [0.2, 0.25) is 0 Å². The fourth-order valence-corrected chi connectivity index (χ4v) is 2.58. The molecule has 2 atom stereocenters. The number of benzene rings is 1. The summed E-state index contributed by atoms with van der Waals surface area (Å²) in [5.41, 5.74) is 7.31. The van der Waals surface area contributed by atoms with Crippen LogP contribution in [0.2, 0.25) is 0 Å². The molecule has 0 aliphatic carbocycles. The molecule has 2 heterocycles. The van der Waals surface area contributed by atoms with Gasteiger partial charge in [-0.3, -0.25) is 4.79 Å². The molecule has 1 aromatic carbocycles. The van der Waals surface area contributed by atoms with Crippen molar-refractivity contribution in [2.45, 2.75) is 25.4 Å². The number of hydrogen-bond donors (Lipinski definition) is 1. The van der Waals surface area contributed by atoms with Gasteiger partial charge in [0.25, 0.3) is 5.91 Å². The Bertz CT molecular complexity index is 626. The molecule has 0 bridgehead atoms. The molecule has 1 aliphatic heterocycles. The van der Waals surface area contributed by atoms with Crippen LogP contribution in [0.5, 0.6) is 0 Å². The Kier molecular flexibility index (Phi) is 2.95. The summed E-state index contributed by atoms with van der Waals surface area (Å²) < 4.78 is 0. The molecule has 4 heteroatoms. The number of pyridine rings is 1. The third-order valence-electron chi connectivity index (χ3n) is 3.89. The van der Waals surface area contributed by atoms with E-state index in [0.29, 0.717) is 5.69 Å². The van der Waals surface area contributed by atoms with Crippen LogP contribution in [0.4, 0.5) is 0 Å². The van der Waals surface area contributed by atoms with Crippen LogP contribution in [0, 0.1) is 0 Å². The fraction of sp³-hybridized carbons (Fsp3) is 0.333. The van der Waals surface area contributed by atoms with Gasteiger partial charge in [-0.1, -0.05) is 24.3 Å². The molecule has 2 unspecified atom stereocenters. The van der Waals surface area contributed by atoms with Gasteiger partial charge in [0, 0.05) is 24.0 Å². The lowest BCUT2D eigenvalue weighted by molar-refractivity contribution is 0.0737. The van der Waals surface area contributed by atoms with Gasteiger partial charge in [-0.15, -0.1) is 0 Å². The lowest BCUT2D eigenvalue weighted by Crippen LogP contribution is -2.40. The molecule has 1 amide bonds. The van der Waals surface area contributed by atoms with Crippen LogP contribution in [0.15, 0.2) is 36.4 Å². The summed E-state index contributed by atoms with van der Waals surface area (Å²) >= 11 is 0. The molecule has 0 radical (unpaired) electrons. The van der Waals surface area contributed by atoms with Crippen molar-refractivity contribution in [1.29, 1.82) is 0 Å². The van der Waals surface area contributed by atoms with Gasteiger partial charge in [-0.2, -0.15) is 0 Å². The first-order chi connectivity index (χ1) is 9.16. The second-order valence-corrected chi connectivity index (χ2v) is 5.08. The topological polar surface area (TPSA) is 59.2 Å². The summed E-state index contributed by atoms with van der Waals surface area (Å²) in [4.78, 5) is 18.7. The van der Waals surface area contributed by atoms with E-state index in [-0.39, 0.29) is 18.0 Å². The van der Waals surface area contributed by atoms with Gasteiger partial charge in [0.15, 0.2) is 0 Å². The first-order valence-corrected chi connectivity index (χ1v) is 6.59. The third-order valence-corrected chi connectivity index (χ3v) is 3.89. The molecule has 1 aliphatic rings. The van der Waals surface area contributed by atoms with E-state index in [1.165, 1.54) is 0 Å². The molecular weight excluding hydrogens is 238 g/mol. The minimum atomic E-state index is -0.0220. The lowest BCUT2D eigenvalue weighted by Gasteiger charge is -2.22. The molecule has 2 aromatic rings. The van der Waals surface area contributed by atoms with Crippen molar-refractivity contribution < 1.29 is 4.79 Å². The minimum absolute atomic E-state index is 0.0220. The van der Waals surface area contributed by atoms with E-state index < -0.39 is 0 Å². The van der Waals surface area contributed by atoms with E-state index in [4.69, 9.17) is 5.73 Å². The van der Waals surface area contributed by atoms with Gasteiger partial charge in [-0.25, -0.2) is 4.98 Å². The maximum absolute atomic E-state index is 12.5. The fourth-order valence-electron chi connectivity index (χ4n) is 2.58. The van der Waals surface area contributed by atoms with E-state index >= 15 is 0 Å². The normalized spacial score (nSPS) is 22.9. The number of nitrogens with zero attached hydrogens (tertiary/aromatic N) is 2. The minimum Gasteiger partial charge on any atom is -0.333 e. The van der Waals surface area contributed by atoms with Crippen molar-refractivity contribution in [3.05, 3.63) is 42.1 Å². The number of amides is 1. The van der Waals surface area contributed by atoms with Gasteiger partial charge < -0.3 is 10.6 Å². The van der Waals surface area contributed by atoms with E-state index in [0.717, 1.165) is 23.9 Å². The Balaban J connectivity index is 1.93. The number of hydrogen-bond acceptors (Lipinski definition) is 3. The zero-order valence-corrected chi connectivity index (χ0v) is 10.9. The molecule has 4 nitrogen and oxygen atoms in total. The number of carbonyl (C=O) groups is 1. The maximum Gasteiger partial charge on any atom is 0.272 e. The number of rotatable bonds is 1. The molecule has 1 aromatic heterocycles. The first-order valence-electron chi connectivity index (χ1n) is 6.59. The van der Waals surface area contributed by atoms with Crippen LogP contribution < -0.4 is 5.73 Å². The maximum atomic E-state index is 12.5. The van der Waals surface area contributed by atoms with E-state index in [1.807, 2.05) is 42.2 Å². The van der Waals surface area contributed by atoms with Crippen molar-refractivity contribution in [2.75, 3.05) is 6.54 Å². The van der Waals surface area contributed by atoms with E-state index in [2.05, 4.69) is 4.98 Å². The van der Waals surface area contributed by atoms with Crippen LogP contribution >= 0.6 is 0 Å². The summed E-state index contributed by atoms with van der Waals surface area (Å²) in [5, 5.41) is 1.05. The van der Waals surface area contributed by atoms with Crippen molar-refractivity contribution >= 4 is 16.8 Å². The molecule has 0 saturated carbocycles. The lowest BCUT2D eigenvalue weighted by atomic mass is 10.1. The van der Waals surface area contributed by atoms with E-state index in [9.17, 15) is 4.79 Å². The van der Waals surface area contributed by atoms with Crippen LogP contribution in [0.25, 0.3) is 10.9 Å². The third kappa shape index (κ3) is 2.08. The molecule has 2 N–H and O–H groups in total. The second kappa shape index (κ2) is 4.63. The highest BCUT2D eigenvalue weighted by Crippen LogP contribution is 2.19. The molecule has 0 spiro atoms. The Morgan fingerprint density at radius 2 is 2.11 bits per heavy atom. The summed E-state index contributed by atoms with van der Waals surface area (Å²) in [6.07, 6.45) is 0.862. The Labute approximate surface area is 112 Å². The van der Waals surface area contributed by atoms with Crippen molar-refractivity contribution in [2.24, 2.45) is 5.73 Å². The predicted octanol–water partition coefficient (Wildman–Crippen LogP) is 1.80. The Morgan fingerprint density at radius 1 is 1.32 bits per heavy atom. The van der Waals surface area contributed by atoms with Crippen LogP contribution in [0.1, 0.15) is 23.8 Å². The summed E-state index contributed by atoms with van der Waals surface area (Å²) in [6, 6.07) is 11.7. The number of fused-ring (bicyclic) bond motifs is 1. The van der Waals surface area contributed by atoms with Gasteiger partial charge >= 0.3 is 0 Å². The Morgan fingerprint density at radius 3 is 2.84 bits per heavy atom. The first kappa shape index (κ1) is 12.1. The zero-order valence-electron chi connectivity index (χ0n) is 10.9. The highest BCUT2D eigenvalue weighted by molar-refractivity contribution is 5.95. The van der Waals surface area contributed by atoms with Crippen molar-refractivity contribution in [3.8, 4) is 0 Å². The standard InChI is InChI=1S/C15H17N3O/c1-10-12(16)8-9-18(10)15(19)14-7-6-11-4-2-3-5-13(11)17-14/h2-7,10,12H,8-9,16H2,1H3. The predicted molar refractivity (Wildman–Crippen MR) is 74.8 cm³/mol. The number of nitrogens with two attached hydrogens (primary N) is 1. The van der Waals surface area contributed by atoms with E-state index in [1.54, 1.807) is 6.07 Å². The quantitative estimate of drug-likeness (QED) is 0.845. The summed E-state index contributed by atoms with van der Waals surface area (Å²) in [7, 11) is 0. The number of carbonyl (C=O) groups excluding carboxylic acids is 1. The molecule has 3 rings (SSSR count). The van der Waals surface area contributed by atoms with Gasteiger partial charge in [0.05, 0.1) is 5.52 Å². The largest absolute Gasteiger partial charge is 0.333 e. The number of aromatic nitrogens is 1. The van der Waals surface area contributed by atoms with Crippen molar-refractivity contribution in [1.82, 2.24) is 9.88 Å². The highest BCUT2D eigenvalue weighted by Gasteiger charge is 2.32. The van der Waals surface area contributed by atoms with Crippen LogP contribution in [-0.4, -0.2) is 34.4 Å². The molecule has 19 heavy (non-hydrogen) atoms. The summed E-state index contributed by atoms with van der Waals surface area (Å²) in [5.74, 6) is -0.0220. The molecule has 1 saturated heterocycles. The van der Waals surface area contributed by atoms with Crippen molar-refractivity contribution in [3.63, 3.8) is 0 Å². The average Bonchev–Trinajstić information content (AvgIpc) is 2.78. The smallest absolute Gasteiger partial charge is 0.272 e. The SMILES string of the molecule is CC1C(N)CCN1C(=O)c1ccc2ccccc2n1. The second-order valence-electron chi connectivity index (χ2n) is 5.08. The zero-order chi connectivity index (χ0) is 13.4. The Hall–Kier alpha value is -1.94. The average molecular weight is 255 g/mol. The number of para-hydroxylation sites is 1.